The average Bonchev–Trinajstić information content (AvgIpc) is 3.08. The zero-order valence-electron chi connectivity index (χ0n) is 15.5. The number of carbonyl (C=O) groups excluding carboxylic acids is 1. The van der Waals surface area contributed by atoms with Gasteiger partial charge in [0, 0.05) is 10.7 Å². The second kappa shape index (κ2) is 8.25. The summed E-state index contributed by atoms with van der Waals surface area (Å²) in [5.74, 6) is 1.30. The van der Waals surface area contributed by atoms with Crippen molar-refractivity contribution in [3.8, 4) is 5.75 Å². The van der Waals surface area contributed by atoms with Crippen LogP contribution in [-0.2, 0) is 4.79 Å². The lowest BCUT2D eigenvalue weighted by atomic mass is 10.0. The highest BCUT2D eigenvalue weighted by molar-refractivity contribution is 9.10. The van der Waals surface area contributed by atoms with Gasteiger partial charge in [-0.25, -0.2) is 4.68 Å². The molecule has 0 aliphatic carbocycles. The van der Waals surface area contributed by atoms with Crippen LogP contribution in [0, 0.1) is 6.92 Å². The van der Waals surface area contributed by atoms with Crippen LogP contribution in [0.5, 0.6) is 5.75 Å². The molecule has 0 fully saturated rings. The molecule has 1 aliphatic rings. The Bertz CT molecular complexity index is 1060. The molecule has 1 amide bonds. The topological polar surface area (TPSA) is 81.1 Å². The molecule has 0 saturated carbocycles. The van der Waals surface area contributed by atoms with Crippen LogP contribution in [0.4, 0.5) is 5.69 Å². The maximum absolute atomic E-state index is 13.2. The minimum atomic E-state index is -0.470. The highest BCUT2D eigenvalue weighted by atomic mass is 79.9. The predicted octanol–water partition coefficient (Wildman–Crippen LogP) is 4.41. The molecule has 0 spiro atoms. The number of anilines is 1. The Kier molecular flexibility index (Phi) is 5.71. The number of aryl methyl sites for hydroxylation is 1. The average molecular weight is 495 g/mol. The van der Waals surface area contributed by atoms with Crippen molar-refractivity contribution >= 4 is 50.9 Å². The van der Waals surface area contributed by atoms with E-state index in [4.69, 9.17) is 16.3 Å². The molecular weight excluding hydrogens is 478 g/mol. The van der Waals surface area contributed by atoms with Crippen LogP contribution in [0.15, 0.2) is 52.1 Å². The fourth-order valence-electron chi connectivity index (χ4n) is 3.03. The van der Waals surface area contributed by atoms with Crippen molar-refractivity contribution in [1.29, 1.82) is 0 Å². The minimum absolute atomic E-state index is 0.145. The summed E-state index contributed by atoms with van der Waals surface area (Å²) >= 11 is 10.8. The van der Waals surface area contributed by atoms with E-state index in [0.717, 1.165) is 21.6 Å². The van der Waals surface area contributed by atoms with Crippen LogP contribution in [0.1, 0.15) is 17.4 Å². The number of hydrogen-bond acceptors (Lipinski definition) is 6. The summed E-state index contributed by atoms with van der Waals surface area (Å²) < 4.78 is 7.94. The van der Waals surface area contributed by atoms with E-state index in [9.17, 15) is 4.79 Å². The first kappa shape index (κ1) is 20.1. The molecule has 7 nitrogen and oxygen atoms in total. The number of hydrogen-bond donors (Lipinski definition) is 2. The summed E-state index contributed by atoms with van der Waals surface area (Å²) in [6.07, 6.45) is 0. The number of amides is 1. The molecule has 0 unspecified atom stereocenters. The zero-order chi connectivity index (χ0) is 20.5. The van der Waals surface area contributed by atoms with E-state index >= 15 is 0 Å². The number of carbonyl (C=O) groups is 1. The number of aromatic nitrogens is 3. The molecule has 0 radical (unpaired) electrons. The quantitative estimate of drug-likeness (QED) is 0.559. The fourth-order valence-corrected chi connectivity index (χ4v) is 4.84. The minimum Gasteiger partial charge on any atom is -0.496 e. The lowest BCUT2D eigenvalue weighted by molar-refractivity contribution is -0.116. The van der Waals surface area contributed by atoms with Gasteiger partial charge in [0.2, 0.25) is 11.1 Å². The van der Waals surface area contributed by atoms with Crippen molar-refractivity contribution in [3.63, 3.8) is 0 Å². The van der Waals surface area contributed by atoms with E-state index in [-0.39, 0.29) is 11.9 Å². The SMILES string of the molecule is COc1ccc([C@@H]2Nn3c(C)nnc3S[C@H]2C(=O)Nc2ccc(Cl)cc2)cc1Br. The first-order valence-corrected chi connectivity index (χ1v) is 10.8. The van der Waals surface area contributed by atoms with Crippen molar-refractivity contribution in [2.24, 2.45) is 0 Å². The standard InChI is InChI=1S/C19H17BrClN5O2S/c1-10-23-24-19-26(10)25-16(11-3-8-15(28-2)14(20)9-11)17(29-19)18(27)22-13-6-4-12(21)5-7-13/h3-9,16-17,25H,1-2H3,(H,22,27)/t16-,17+/m0/s1. The van der Waals surface area contributed by atoms with Gasteiger partial charge in [-0.1, -0.05) is 29.4 Å². The second-order valence-corrected chi connectivity index (χ2v) is 8.80. The van der Waals surface area contributed by atoms with E-state index in [1.165, 1.54) is 11.8 Å². The molecule has 1 aliphatic heterocycles. The number of ether oxygens (including phenoxy) is 1. The Morgan fingerprint density at radius 2 is 2.03 bits per heavy atom. The third kappa shape index (κ3) is 4.08. The Labute approximate surface area is 185 Å². The van der Waals surface area contributed by atoms with Crippen LogP contribution in [0.3, 0.4) is 0 Å². The van der Waals surface area contributed by atoms with Gasteiger partial charge in [0.25, 0.3) is 0 Å². The van der Waals surface area contributed by atoms with Crippen LogP contribution >= 0.6 is 39.3 Å². The number of nitrogens with zero attached hydrogens (tertiary/aromatic N) is 3. The van der Waals surface area contributed by atoms with Gasteiger partial charge in [0.05, 0.1) is 17.6 Å². The summed E-state index contributed by atoms with van der Waals surface area (Å²) in [4.78, 5) is 13.2. The van der Waals surface area contributed by atoms with Crippen LogP contribution in [0.25, 0.3) is 0 Å². The number of nitrogens with one attached hydrogen (secondary N) is 2. The normalized spacial score (nSPS) is 17.9. The number of thioether (sulfide) groups is 1. The molecule has 2 N–H and O–H groups in total. The van der Waals surface area contributed by atoms with E-state index in [1.54, 1.807) is 36.1 Å². The van der Waals surface area contributed by atoms with E-state index in [2.05, 4.69) is 36.9 Å². The third-order valence-electron chi connectivity index (χ3n) is 4.50. The number of rotatable bonds is 4. The molecule has 2 atom stereocenters. The molecular formula is C19H17BrClN5O2S. The number of fused-ring (bicyclic) bond motifs is 1. The smallest absolute Gasteiger partial charge is 0.240 e. The Morgan fingerprint density at radius 1 is 1.28 bits per heavy atom. The molecule has 29 heavy (non-hydrogen) atoms. The summed E-state index contributed by atoms with van der Waals surface area (Å²) in [7, 11) is 1.61. The van der Waals surface area contributed by atoms with Crippen molar-refractivity contribution < 1.29 is 9.53 Å². The number of benzene rings is 2. The van der Waals surface area contributed by atoms with E-state index in [0.29, 0.717) is 15.9 Å². The molecule has 150 valence electrons. The lowest BCUT2D eigenvalue weighted by Crippen LogP contribution is -2.41. The molecule has 3 aromatic rings. The van der Waals surface area contributed by atoms with Gasteiger partial charge >= 0.3 is 0 Å². The van der Waals surface area contributed by atoms with Gasteiger partial charge in [-0.2, -0.15) is 0 Å². The van der Waals surface area contributed by atoms with Gasteiger partial charge in [-0.15, -0.1) is 10.2 Å². The molecule has 10 heteroatoms. The van der Waals surface area contributed by atoms with E-state index < -0.39 is 5.25 Å². The van der Waals surface area contributed by atoms with Gasteiger partial charge < -0.3 is 15.5 Å². The monoisotopic (exact) mass is 493 g/mol. The number of halogens is 2. The van der Waals surface area contributed by atoms with Crippen LogP contribution in [0.2, 0.25) is 5.02 Å². The molecule has 0 saturated heterocycles. The van der Waals surface area contributed by atoms with Crippen molar-refractivity contribution in [1.82, 2.24) is 14.9 Å². The Morgan fingerprint density at radius 3 is 2.72 bits per heavy atom. The molecule has 2 heterocycles. The second-order valence-electron chi connectivity index (χ2n) is 6.40. The summed E-state index contributed by atoms with van der Waals surface area (Å²) in [5.41, 5.74) is 4.99. The van der Waals surface area contributed by atoms with E-state index in [1.807, 2.05) is 25.1 Å². The molecule has 0 bridgehead atoms. The van der Waals surface area contributed by atoms with Crippen molar-refractivity contribution in [2.75, 3.05) is 17.9 Å². The molecule has 1 aromatic heterocycles. The predicted molar refractivity (Wildman–Crippen MR) is 117 cm³/mol. The fraction of sp³-hybridized carbons (Fsp3) is 0.211. The van der Waals surface area contributed by atoms with Gasteiger partial charge in [0.15, 0.2) is 0 Å². The summed E-state index contributed by atoms with van der Waals surface area (Å²) in [6, 6.07) is 12.5. The van der Waals surface area contributed by atoms with Crippen molar-refractivity contribution in [3.05, 3.63) is 63.3 Å². The summed E-state index contributed by atoms with van der Waals surface area (Å²) in [6.45, 7) is 1.86. The number of methoxy groups -OCH3 is 1. The maximum Gasteiger partial charge on any atom is 0.240 e. The van der Waals surface area contributed by atoms with Gasteiger partial charge in [-0.05, 0) is 64.8 Å². The highest BCUT2D eigenvalue weighted by Crippen LogP contribution is 2.39. The van der Waals surface area contributed by atoms with Crippen molar-refractivity contribution in [2.45, 2.75) is 23.4 Å². The lowest BCUT2D eigenvalue weighted by Gasteiger charge is -2.33. The zero-order valence-corrected chi connectivity index (χ0v) is 18.7. The maximum atomic E-state index is 13.2. The summed E-state index contributed by atoms with van der Waals surface area (Å²) in [5, 5.41) is 12.0. The van der Waals surface area contributed by atoms with Gasteiger partial charge in [0.1, 0.15) is 16.8 Å². The Hall–Kier alpha value is -2.23. The largest absolute Gasteiger partial charge is 0.496 e. The molecule has 2 aromatic carbocycles. The Balaban J connectivity index is 1.67. The van der Waals surface area contributed by atoms with Crippen LogP contribution in [-0.4, -0.2) is 33.1 Å². The first-order chi connectivity index (χ1) is 14.0. The van der Waals surface area contributed by atoms with Crippen LogP contribution < -0.4 is 15.5 Å². The highest BCUT2D eigenvalue weighted by Gasteiger charge is 2.37. The third-order valence-corrected chi connectivity index (χ3v) is 6.59. The van der Waals surface area contributed by atoms with Gasteiger partial charge in [-0.3, -0.25) is 4.79 Å². The first-order valence-electron chi connectivity index (χ1n) is 8.71. The molecule has 4 rings (SSSR count).